The lowest BCUT2D eigenvalue weighted by atomic mass is 10.2. The first-order valence-electron chi connectivity index (χ1n) is 8.45. The fraction of sp³-hybridized carbons (Fsp3) is 0.333. The minimum atomic E-state index is -0.873. The normalized spacial score (nSPS) is 13.6. The van der Waals surface area contributed by atoms with E-state index in [1.54, 1.807) is 28.9 Å². The molecule has 2 aromatic rings. The van der Waals surface area contributed by atoms with E-state index in [0.29, 0.717) is 37.3 Å². The van der Waals surface area contributed by atoms with Gasteiger partial charge in [-0.15, -0.1) is 0 Å². The number of carboxylic acids is 1. The Bertz CT molecular complexity index is 816. The molecule has 0 bridgehead atoms. The van der Waals surface area contributed by atoms with Crippen LogP contribution in [0.2, 0.25) is 0 Å². The molecule has 2 N–H and O–H groups in total. The highest BCUT2D eigenvalue weighted by molar-refractivity contribution is 6.39. The predicted octanol–water partition coefficient (Wildman–Crippen LogP) is 1.27. The lowest BCUT2D eigenvalue weighted by molar-refractivity contribution is -0.143. The van der Waals surface area contributed by atoms with E-state index in [0.717, 1.165) is 5.69 Å². The molecule has 2 heterocycles. The highest BCUT2D eigenvalue weighted by Crippen LogP contribution is 2.16. The van der Waals surface area contributed by atoms with Gasteiger partial charge in [0.25, 0.3) is 0 Å². The fourth-order valence-electron chi connectivity index (χ4n) is 2.90. The molecule has 1 aromatic carbocycles. The van der Waals surface area contributed by atoms with Crippen LogP contribution in [0.3, 0.4) is 0 Å². The standard InChI is InChI=1S/C18H20N4O4/c23-16(24)8-7-14-11-15-12-21(9-4-10-22(15)20-14)18(26)17(25)19-13-5-2-1-3-6-13/h1-3,5-6,11H,4,7-10,12H2,(H,19,25)(H,23,24). The number of carboxylic acid groups (broad SMARTS) is 1. The number of para-hydroxylation sites is 1. The van der Waals surface area contributed by atoms with Gasteiger partial charge in [-0.3, -0.25) is 19.1 Å². The molecule has 136 valence electrons. The summed E-state index contributed by atoms with van der Waals surface area (Å²) < 4.78 is 1.79. The van der Waals surface area contributed by atoms with Gasteiger partial charge in [0.05, 0.1) is 24.4 Å². The van der Waals surface area contributed by atoms with E-state index in [2.05, 4.69) is 10.4 Å². The summed E-state index contributed by atoms with van der Waals surface area (Å²) in [4.78, 5) is 36.9. The van der Waals surface area contributed by atoms with Gasteiger partial charge in [0, 0.05) is 25.2 Å². The molecule has 8 nitrogen and oxygen atoms in total. The summed E-state index contributed by atoms with van der Waals surface area (Å²) in [7, 11) is 0. The smallest absolute Gasteiger partial charge is 0.313 e. The number of carbonyl (C=O) groups excluding carboxylic acids is 2. The third kappa shape index (κ3) is 4.27. The summed E-state index contributed by atoms with van der Waals surface area (Å²) >= 11 is 0. The van der Waals surface area contributed by atoms with E-state index in [9.17, 15) is 14.4 Å². The summed E-state index contributed by atoms with van der Waals surface area (Å²) in [5.41, 5.74) is 2.07. The second-order valence-corrected chi connectivity index (χ2v) is 6.14. The molecule has 0 unspecified atom stereocenters. The van der Waals surface area contributed by atoms with E-state index in [1.165, 1.54) is 4.90 Å². The molecule has 8 heteroatoms. The predicted molar refractivity (Wildman–Crippen MR) is 93.3 cm³/mol. The number of nitrogens with zero attached hydrogens (tertiary/aromatic N) is 3. The molecular weight excluding hydrogens is 336 g/mol. The van der Waals surface area contributed by atoms with E-state index >= 15 is 0 Å². The van der Waals surface area contributed by atoms with Crippen LogP contribution in [0.1, 0.15) is 24.2 Å². The zero-order valence-electron chi connectivity index (χ0n) is 14.2. The topological polar surface area (TPSA) is 105 Å². The molecule has 1 aliphatic heterocycles. The number of hydrogen-bond acceptors (Lipinski definition) is 4. The zero-order valence-corrected chi connectivity index (χ0v) is 14.2. The number of fused-ring (bicyclic) bond motifs is 1. The van der Waals surface area contributed by atoms with E-state index in [4.69, 9.17) is 5.11 Å². The molecule has 1 aromatic heterocycles. The largest absolute Gasteiger partial charge is 0.481 e. The number of benzene rings is 1. The summed E-state index contributed by atoms with van der Waals surface area (Å²) in [5.74, 6) is -2.13. The number of nitrogens with one attached hydrogen (secondary N) is 1. The quantitative estimate of drug-likeness (QED) is 0.803. The summed E-state index contributed by atoms with van der Waals surface area (Å²) in [6.45, 7) is 1.38. The minimum Gasteiger partial charge on any atom is -0.481 e. The molecule has 0 spiro atoms. The Kier molecular flexibility index (Phi) is 5.31. The first-order valence-corrected chi connectivity index (χ1v) is 8.45. The Morgan fingerprint density at radius 1 is 1.15 bits per heavy atom. The lowest BCUT2D eigenvalue weighted by Gasteiger charge is -2.19. The maximum Gasteiger partial charge on any atom is 0.313 e. The Hall–Kier alpha value is -3.16. The van der Waals surface area contributed by atoms with Crippen molar-refractivity contribution in [2.24, 2.45) is 0 Å². The molecule has 0 atom stereocenters. The molecule has 2 amide bonds. The van der Waals surface area contributed by atoms with Crippen molar-refractivity contribution >= 4 is 23.5 Å². The van der Waals surface area contributed by atoms with Crippen LogP contribution in [0.15, 0.2) is 36.4 Å². The third-order valence-corrected chi connectivity index (χ3v) is 4.17. The number of amides is 2. The van der Waals surface area contributed by atoms with E-state index in [1.807, 2.05) is 12.1 Å². The molecule has 0 fully saturated rings. The first-order chi connectivity index (χ1) is 12.5. The van der Waals surface area contributed by atoms with Gasteiger partial charge in [0.1, 0.15) is 0 Å². The van der Waals surface area contributed by atoms with E-state index < -0.39 is 17.8 Å². The Labute approximate surface area is 150 Å². The molecule has 0 aliphatic carbocycles. The van der Waals surface area contributed by atoms with Crippen LogP contribution in [0.5, 0.6) is 0 Å². The number of hydrogen-bond donors (Lipinski definition) is 2. The SMILES string of the molecule is O=C(O)CCc1cc2n(n1)CCCN(C(=O)C(=O)Nc1ccccc1)C2. The number of anilines is 1. The average molecular weight is 356 g/mol. The number of aryl methyl sites for hydroxylation is 2. The number of aromatic nitrogens is 2. The van der Waals surface area contributed by atoms with Gasteiger partial charge >= 0.3 is 17.8 Å². The highest BCUT2D eigenvalue weighted by atomic mass is 16.4. The van der Waals surface area contributed by atoms with Crippen molar-refractivity contribution in [2.45, 2.75) is 32.4 Å². The summed E-state index contributed by atoms with van der Waals surface area (Å²) in [6.07, 6.45) is 1.04. The van der Waals surface area contributed by atoms with Crippen LogP contribution in [-0.4, -0.2) is 44.1 Å². The Morgan fingerprint density at radius 2 is 1.92 bits per heavy atom. The molecule has 0 saturated carbocycles. The van der Waals surface area contributed by atoms with Crippen molar-refractivity contribution in [2.75, 3.05) is 11.9 Å². The molecule has 26 heavy (non-hydrogen) atoms. The maximum absolute atomic E-state index is 12.5. The summed E-state index contributed by atoms with van der Waals surface area (Å²) in [5, 5.41) is 15.8. The molecular formula is C18H20N4O4. The van der Waals surface area contributed by atoms with E-state index in [-0.39, 0.29) is 13.0 Å². The number of aliphatic carboxylic acids is 1. The van der Waals surface area contributed by atoms with Gasteiger partial charge < -0.3 is 15.3 Å². The minimum absolute atomic E-state index is 0.0125. The Morgan fingerprint density at radius 3 is 2.65 bits per heavy atom. The molecule has 1 aliphatic rings. The third-order valence-electron chi connectivity index (χ3n) is 4.17. The van der Waals surface area contributed by atoms with Crippen LogP contribution < -0.4 is 5.32 Å². The second-order valence-electron chi connectivity index (χ2n) is 6.14. The maximum atomic E-state index is 12.5. The van der Waals surface area contributed by atoms with Crippen molar-refractivity contribution < 1.29 is 19.5 Å². The number of carbonyl (C=O) groups is 3. The lowest BCUT2D eigenvalue weighted by Crippen LogP contribution is -2.39. The van der Waals surface area contributed by atoms with Gasteiger partial charge in [0.2, 0.25) is 0 Å². The molecule has 0 saturated heterocycles. The van der Waals surface area contributed by atoms with Crippen molar-refractivity contribution in [3.05, 3.63) is 47.8 Å². The van der Waals surface area contributed by atoms with Gasteiger partial charge in [-0.05, 0) is 24.6 Å². The van der Waals surface area contributed by atoms with Crippen LogP contribution in [0.25, 0.3) is 0 Å². The summed E-state index contributed by atoms with van der Waals surface area (Å²) in [6, 6.07) is 10.6. The van der Waals surface area contributed by atoms with Crippen LogP contribution in [0.4, 0.5) is 5.69 Å². The fourth-order valence-corrected chi connectivity index (χ4v) is 2.90. The van der Waals surface area contributed by atoms with Crippen molar-refractivity contribution in [3.63, 3.8) is 0 Å². The van der Waals surface area contributed by atoms with Crippen molar-refractivity contribution in [3.8, 4) is 0 Å². The number of rotatable bonds is 4. The zero-order chi connectivity index (χ0) is 18.5. The average Bonchev–Trinajstić information content (AvgIpc) is 2.90. The van der Waals surface area contributed by atoms with Crippen molar-refractivity contribution in [1.82, 2.24) is 14.7 Å². The van der Waals surface area contributed by atoms with Gasteiger partial charge in [-0.25, -0.2) is 0 Å². The monoisotopic (exact) mass is 356 g/mol. The Balaban J connectivity index is 1.66. The molecule has 0 radical (unpaired) electrons. The van der Waals surface area contributed by atoms with Crippen molar-refractivity contribution in [1.29, 1.82) is 0 Å². The molecule has 3 rings (SSSR count). The van der Waals surface area contributed by atoms with Crippen LogP contribution >= 0.6 is 0 Å². The van der Waals surface area contributed by atoms with Crippen LogP contribution in [-0.2, 0) is 33.9 Å². The van der Waals surface area contributed by atoms with Gasteiger partial charge in [-0.2, -0.15) is 5.10 Å². The van der Waals surface area contributed by atoms with Gasteiger partial charge in [0.15, 0.2) is 0 Å². The van der Waals surface area contributed by atoms with Crippen LogP contribution in [0, 0.1) is 0 Å². The first kappa shape index (κ1) is 17.7. The highest BCUT2D eigenvalue weighted by Gasteiger charge is 2.25. The second kappa shape index (κ2) is 7.81. The van der Waals surface area contributed by atoms with Gasteiger partial charge in [-0.1, -0.05) is 18.2 Å².